The van der Waals surface area contributed by atoms with Gasteiger partial charge in [0.1, 0.15) is 0 Å². The van der Waals surface area contributed by atoms with E-state index in [0.29, 0.717) is 0 Å². The van der Waals surface area contributed by atoms with Crippen molar-refractivity contribution in [3.05, 3.63) is 46.7 Å². The quantitative estimate of drug-likeness (QED) is 0.812. The molecule has 0 saturated carbocycles. The topological polar surface area (TPSA) is 62.2 Å². The molecule has 0 radical (unpaired) electrons. The van der Waals surface area contributed by atoms with Crippen molar-refractivity contribution in [1.82, 2.24) is 20.8 Å². The maximum atomic E-state index is 4.48. The SMILES string of the molecule is c1ccc(C2N=C(c3nccs3)NN2)nc1. The number of hydrazine groups is 1. The van der Waals surface area contributed by atoms with Gasteiger partial charge in [0.15, 0.2) is 17.0 Å². The standard InChI is InChI=1S/C10H9N5S/c1-2-4-11-7(3-1)8-13-9(15-14-8)10-12-5-6-16-10/h1-6,8,14H,(H,13,15). The molecule has 0 bridgehead atoms. The van der Waals surface area contributed by atoms with Gasteiger partial charge < -0.3 is 5.43 Å². The number of amidine groups is 1. The van der Waals surface area contributed by atoms with E-state index in [-0.39, 0.29) is 6.17 Å². The summed E-state index contributed by atoms with van der Waals surface area (Å²) >= 11 is 1.55. The van der Waals surface area contributed by atoms with Gasteiger partial charge in [-0.1, -0.05) is 6.07 Å². The molecule has 0 spiro atoms. The van der Waals surface area contributed by atoms with Crippen LogP contribution in [-0.2, 0) is 0 Å². The van der Waals surface area contributed by atoms with Crippen molar-refractivity contribution < 1.29 is 0 Å². The zero-order valence-electron chi connectivity index (χ0n) is 8.29. The number of thiazole rings is 1. The smallest absolute Gasteiger partial charge is 0.174 e. The Bertz CT molecular complexity index is 493. The molecule has 0 aliphatic carbocycles. The summed E-state index contributed by atoms with van der Waals surface area (Å²) in [5, 5.41) is 2.80. The Morgan fingerprint density at radius 3 is 2.94 bits per heavy atom. The van der Waals surface area contributed by atoms with E-state index in [2.05, 4.69) is 25.8 Å². The van der Waals surface area contributed by atoms with Crippen molar-refractivity contribution in [3.8, 4) is 0 Å². The van der Waals surface area contributed by atoms with E-state index in [9.17, 15) is 0 Å². The van der Waals surface area contributed by atoms with E-state index in [1.807, 2.05) is 23.6 Å². The second kappa shape index (κ2) is 3.99. The second-order valence-electron chi connectivity index (χ2n) is 3.24. The summed E-state index contributed by atoms with van der Waals surface area (Å²) in [6, 6.07) is 5.77. The summed E-state index contributed by atoms with van der Waals surface area (Å²) in [7, 11) is 0. The minimum absolute atomic E-state index is 0.139. The summed E-state index contributed by atoms with van der Waals surface area (Å²) in [4.78, 5) is 12.9. The molecule has 16 heavy (non-hydrogen) atoms. The van der Waals surface area contributed by atoms with Crippen LogP contribution < -0.4 is 10.9 Å². The Morgan fingerprint density at radius 1 is 1.19 bits per heavy atom. The van der Waals surface area contributed by atoms with Crippen molar-refractivity contribution in [3.63, 3.8) is 0 Å². The molecule has 5 nitrogen and oxygen atoms in total. The molecule has 0 amide bonds. The fourth-order valence-corrected chi connectivity index (χ4v) is 2.04. The van der Waals surface area contributed by atoms with Crippen LogP contribution in [0.3, 0.4) is 0 Å². The van der Waals surface area contributed by atoms with Crippen LogP contribution in [0.25, 0.3) is 0 Å². The minimum atomic E-state index is -0.139. The van der Waals surface area contributed by atoms with E-state index in [1.165, 1.54) is 0 Å². The van der Waals surface area contributed by atoms with Crippen molar-refractivity contribution in [2.75, 3.05) is 0 Å². The number of pyridine rings is 1. The predicted molar refractivity (Wildman–Crippen MR) is 61.9 cm³/mol. The van der Waals surface area contributed by atoms with Crippen molar-refractivity contribution in [2.45, 2.75) is 6.17 Å². The van der Waals surface area contributed by atoms with Gasteiger partial charge in [0.25, 0.3) is 0 Å². The van der Waals surface area contributed by atoms with Gasteiger partial charge in [-0.3, -0.25) is 4.98 Å². The van der Waals surface area contributed by atoms with Crippen LogP contribution in [0.5, 0.6) is 0 Å². The molecule has 0 aromatic carbocycles. The van der Waals surface area contributed by atoms with Crippen LogP contribution in [0.2, 0.25) is 0 Å². The molecule has 1 unspecified atom stereocenters. The molecule has 1 aliphatic rings. The van der Waals surface area contributed by atoms with E-state index >= 15 is 0 Å². The number of hydrogen-bond acceptors (Lipinski definition) is 6. The van der Waals surface area contributed by atoms with Crippen LogP contribution in [0.4, 0.5) is 0 Å². The van der Waals surface area contributed by atoms with Crippen molar-refractivity contribution in [1.29, 1.82) is 0 Å². The average Bonchev–Trinajstić information content (AvgIpc) is 3.01. The molecule has 0 fully saturated rings. The fourth-order valence-electron chi connectivity index (χ4n) is 1.46. The van der Waals surface area contributed by atoms with Gasteiger partial charge >= 0.3 is 0 Å². The third-order valence-corrected chi connectivity index (χ3v) is 2.97. The molecule has 2 aromatic heterocycles. The van der Waals surface area contributed by atoms with Gasteiger partial charge in [-0.05, 0) is 12.1 Å². The molecule has 80 valence electrons. The highest BCUT2D eigenvalue weighted by Gasteiger charge is 2.20. The molecular formula is C10H9N5S. The lowest BCUT2D eigenvalue weighted by molar-refractivity contribution is 0.561. The number of hydrogen-bond donors (Lipinski definition) is 2. The second-order valence-corrected chi connectivity index (χ2v) is 4.14. The van der Waals surface area contributed by atoms with Crippen molar-refractivity contribution >= 4 is 17.2 Å². The van der Waals surface area contributed by atoms with E-state index in [0.717, 1.165) is 16.5 Å². The third-order valence-electron chi connectivity index (χ3n) is 2.19. The van der Waals surface area contributed by atoms with E-state index < -0.39 is 0 Å². The lowest BCUT2D eigenvalue weighted by Crippen LogP contribution is -2.32. The predicted octanol–water partition coefficient (Wildman–Crippen LogP) is 1.09. The highest BCUT2D eigenvalue weighted by Crippen LogP contribution is 2.16. The first-order valence-electron chi connectivity index (χ1n) is 4.83. The molecule has 1 aliphatic heterocycles. The first-order chi connectivity index (χ1) is 7.93. The maximum Gasteiger partial charge on any atom is 0.174 e. The van der Waals surface area contributed by atoms with Gasteiger partial charge in [0.05, 0.1) is 5.69 Å². The molecule has 6 heteroatoms. The summed E-state index contributed by atoms with van der Waals surface area (Å²) in [6.45, 7) is 0. The number of aromatic nitrogens is 2. The number of aliphatic imine (C=N–C) groups is 1. The Kier molecular flexibility index (Phi) is 2.35. The molecule has 2 N–H and O–H groups in total. The summed E-state index contributed by atoms with van der Waals surface area (Å²) in [5.74, 6) is 0.769. The molecule has 0 saturated heterocycles. The lowest BCUT2D eigenvalue weighted by Gasteiger charge is -2.04. The summed E-state index contributed by atoms with van der Waals surface area (Å²) in [6.07, 6.45) is 3.38. The molecule has 3 heterocycles. The third kappa shape index (κ3) is 1.68. The van der Waals surface area contributed by atoms with Crippen LogP contribution in [0.1, 0.15) is 16.9 Å². The minimum Gasteiger partial charge on any atom is -0.301 e. The number of nitrogens with one attached hydrogen (secondary N) is 2. The molecule has 2 aromatic rings. The van der Waals surface area contributed by atoms with Gasteiger partial charge in [-0.15, -0.1) is 11.3 Å². The highest BCUT2D eigenvalue weighted by atomic mass is 32.1. The Morgan fingerprint density at radius 2 is 2.19 bits per heavy atom. The van der Waals surface area contributed by atoms with E-state index in [1.54, 1.807) is 23.7 Å². The molecule has 3 rings (SSSR count). The Hall–Kier alpha value is -1.79. The van der Waals surface area contributed by atoms with Gasteiger partial charge in [0, 0.05) is 17.8 Å². The summed E-state index contributed by atoms with van der Waals surface area (Å²) < 4.78 is 0. The first-order valence-corrected chi connectivity index (χ1v) is 5.71. The van der Waals surface area contributed by atoms with Crippen LogP contribution in [0.15, 0.2) is 41.0 Å². The Balaban J connectivity index is 1.87. The van der Waals surface area contributed by atoms with E-state index in [4.69, 9.17) is 0 Å². The van der Waals surface area contributed by atoms with Crippen LogP contribution in [-0.4, -0.2) is 15.8 Å². The summed E-state index contributed by atoms with van der Waals surface area (Å²) in [5.41, 5.74) is 6.97. The fraction of sp³-hybridized carbons (Fsp3) is 0.100. The van der Waals surface area contributed by atoms with Crippen LogP contribution in [0, 0.1) is 0 Å². The number of nitrogens with zero attached hydrogens (tertiary/aromatic N) is 3. The van der Waals surface area contributed by atoms with Gasteiger partial charge in [0.2, 0.25) is 0 Å². The molecular weight excluding hydrogens is 222 g/mol. The average molecular weight is 231 g/mol. The van der Waals surface area contributed by atoms with Crippen LogP contribution >= 0.6 is 11.3 Å². The normalized spacial score (nSPS) is 19.2. The van der Waals surface area contributed by atoms with Crippen molar-refractivity contribution in [2.24, 2.45) is 4.99 Å². The Labute approximate surface area is 96.3 Å². The zero-order chi connectivity index (χ0) is 10.8. The largest absolute Gasteiger partial charge is 0.301 e. The zero-order valence-corrected chi connectivity index (χ0v) is 9.11. The highest BCUT2D eigenvalue weighted by molar-refractivity contribution is 7.11. The van der Waals surface area contributed by atoms with Gasteiger partial charge in [-0.25, -0.2) is 15.4 Å². The maximum absolute atomic E-state index is 4.48. The first kappa shape index (κ1) is 9.44. The number of rotatable bonds is 2. The van der Waals surface area contributed by atoms with Gasteiger partial charge in [-0.2, -0.15) is 0 Å². The molecule has 1 atom stereocenters. The lowest BCUT2D eigenvalue weighted by atomic mass is 10.3. The monoisotopic (exact) mass is 231 g/mol.